The molecule has 0 aliphatic heterocycles. The molecule has 0 saturated carbocycles. The van der Waals surface area contributed by atoms with Crippen molar-refractivity contribution in [2.24, 2.45) is 0 Å². The topological polar surface area (TPSA) is 37.6 Å². The fourth-order valence-electron chi connectivity index (χ4n) is 1.87. The average Bonchev–Trinajstić information content (AvgIpc) is 2.70. The Hall–Kier alpha value is -0.840. The van der Waals surface area contributed by atoms with Crippen LogP contribution in [-0.4, -0.2) is 38.7 Å². The van der Waals surface area contributed by atoms with E-state index < -0.39 is 0 Å². The van der Waals surface area contributed by atoms with Gasteiger partial charge in [0.2, 0.25) is 0 Å². The normalized spacial score (nSPS) is 11.4. The van der Waals surface area contributed by atoms with Gasteiger partial charge in [-0.15, -0.1) is 0 Å². The largest absolute Gasteiger partial charge is 0.462 e. The van der Waals surface area contributed by atoms with Crippen LogP contribution in [0.5, 0.6) is 0 Å². The van der Waals surface area contributed by atoms with Gasteiger partial charge in [-0.3, -0.25) is 0 Å². The molecule has 0 bridgehead atoms. The molecule has 4 heteroatoms. The predicted octanol–water partition coefficient (Wildman–Crippen LogP) is 2.56. The molecule has 0 atom stereocenters. The average molecular weight is 268 g/mol. The van der Waals surface area contributed by atoms with E-state index in [1.807, 2.05) is 0 Å². The molecule has 19 heavy (non-hydrogen) atoms. The molecule has 0 aliphatic carbocycles. The molecule has 0 saturated heterocycles. The first-order valence-electron chi connectivity index (χ1n) is 7.14. The van der Waals surface area contributed by atoms with E-state index in [4.69, 9.17) is 9.15 Å². The van der Waals surface area contributed by atoms with Gasteiger partial charge in [-0.1, -0.05) is 6.92 Å². The van der Waals surface area contributed by atoms with Crippen LogP contribution < -0.4 is 5.32 Å². The monoisotopic (exact) mass is 268 g/mol. The summed E-state index contributed by atoms with van der Waals surface area (Å²) < 4.78 is 11.4. The van der Waals surface area contributed by atoms with Crippen LogP contribution >= 0.6 is 0 Å². The van der Waals surface area contributed by atoms with Crippen molar-refractivity contribution in [1.82, 2.24) is 10.2 Å². The zero-order chi connectivity index (χ0) is 14.1. The summed E-state index contributed by atoms with van der Waals surface area (Å²) >= 11 is 0. The van der Waals surface area contributed by atoms with Crippen molar-refractivity contribution in [3.05, 3.63) is 23.2 Å². The van der Waals surface area contributed by atoms with Gasteiger partial charge in [0.25, 0.3) is 0 Å². The van der Waals surface area contributed by atoms with Crippen LogP contribution in [0.15, 0.2) is 10.5 Å². The Labute approximate surface area is 117 Å². The van der Waals surface area contributed by atoms with Crippen molar-refractivity contribution in [3.63, 3.8) is 0 Å². The Balaban J connectivity index is 2.25. The Morgan fingerprint density at radius 1 is 1.37 bits per heavy atom. The van der Waals surface area contributed by atoms with Gasteiger partial charge in [0.1, 0.15) is 18.1 Å². The molecule has 110 valence electrons. The maximum absolute atomic E-state index is 5.79. The SMILES string of the molecule is CCCNCc1oc(COCCCN(C)C)cc1C. The maximum atomic E-state index is 5.79. The molecule has 0 amide bonds. The van der Waals surface area contributed by atoms with Gasteiger partial charge in [0, 0.05) is 6.61 Å². The van der Waals surface area contributed by atoms with Gasteiger partial charge in [-0.05, 0) is 58.6 Å². The van der Waals surface area contributed by atoms with Crippen molar-refractivity contribution in [2.45, 2.75) is 39.8 Å². The van der Waals surface area contributed by atoms with E-state index in [9.17, 15) is 0 Å². The van der Waals surface area contributed by atoms with Crippen molar-refractivity contribution in [2.75, 3.05) is 33.8 Å². The van der Waals surface area contributed by atoms with Crippen LogP contribution in [-0.2, 0) is 17.9 Å². The molecule has 0 spiro atoms. The van der Waals surface area contributed by atoms with Crippen LogP contribution in [0.4, 0.5) is 0 Å². The van der Waals surface area contributed by atoms with Gasteiger partial charge in [0.15, 0.2) is 0 Å². The van der Waals surface area contributed by atoms with Crippen molar-refractivity contribution >= 4 is 0 Å². The summed E-state index contributed by atoms with van der Waals surface area (Å²) in [6, 6.07) is 2.08. The molecule has 1 aromatic heterocycles. The molecule has 1 N–H and O–H groups in total. The number of hydrogen-bond donors (Lipinski definition) is 1. The first kappa shape index (κ1) is 16.2. The molecule has 0 aromatic carbocycles. The zero-order valence-corrected chi connectivity index (χ0v) is 12.8. The van der Waals surface area contributed by atoms with Gasteiger partial charge >= 0.3 is 0 Å². The Kier molecular flexibility index (Phi) is 7.79. The van der Waals surface area contributed by atoms with E-state index >= 15 is 0 Å². The lowest BCUT2D eigenvalue weighted by atomic mass is 10.2. The van der Waals surface area contributed by atoms with Crippen LogP contribution in [0.25, 0.3) is 0 Å². The molecule has 1 rings (SSSR count). The van der Waals surface area contributed by atoms with Crippen molar-refractivity contribution < 1.29 is 9.15 Å². The van der Waals surface area contributed by atoms with Gasteiger partial charge in [-0.25, -0.2) is 0 Å². The highest BCUT2D eigenvalue weighted by Crippen LogP contribution is 2.15. The molecule has 0 unspecified atom stereocenters. The van der Waals surface area contributed by atoms with Crippen LogP contribution in [0.1, 0.15) is 36.8 Å². The van der Waals surface area contributed by atoms with Crippen molar-refractivity contribution in [3.8, 4) is 0 Å². The molecular formula is C15H28N2O2. The lowest BCUT2D eigenvalue weighted by Gasteiger charge is -2.08. The van der Waals surface area contributed by atoms with Crippen molar-refractivity contribution in [1.29, 1.82) is 0 Å². The number of ether oxygens (including phenoxy) is 1. The lowest BCUT2D eigenvalue weighted by molar-refractivity contribution is 0.0984. The molecule has 4 nitrogen and oxygen atoms in total. The summed E-state index contributed by atoms with van der Waals surface area (Å²) in [5.41, 5.74) is 1.20. The smallest absolute Gasteiger partial charge is 0.130 e. The highest BCUT2D eigenvalue weighted by Gasteiger charge is 2.07. The molecule has 0 radical (unpaired) electrons. The summed E-state index contributed by atoms with van der Waals surface area (Å²) in [5.74, 6) is 1.95. The molecular weight excluding hydrogens is 240 g/mol. The van der Waals surface area contributed by atoms with Crippen LogP contribution in [0.3, 0.4) is 0 Å². The first-order valence-corrected chi connectivity index (χ1v) is 7.14. The zero-order valence-electron chi connectivity index (χ0n) is 12.8. The van der Waals surface area contributed by atoms with Crippen LogP contribution in [0, 0.1) is 6.92 Å². The summed E-state index contributed by atoms with van der Waals surface area (Å²) in [4.78, 5) is 2.16. The second kappa shape index (κ2) is 9.13. The lowest BCUT2D eigenvalue weighted by Crippen LogP contribution is -2.14. The highest BCUT2D eigenvalue weighted by atomic mass is 16.5. The summed E-state index contributed by atoms with van der Waals surface area (Å²) in [7, 11) is 4.15. The summed E-state index contributed by atoms with van der Waals surface area (Å²) in [6.07, 6.45) is 2.19. The Morgan fingerprint density at radius 2 is 2.16 bits per heavy atom. The highest BCUT2D eigenvalue weighted by molar-refractivity contribution is 5.19. The first-order chi connectivity index (χ1) is 9.13. The number of furan rings is 1. The Bertz CT molecular complexity index is 348. The van der Waals surface area contributed by atoms with E-state index in [1.165, 1.54) is 5.56 Å². The van der Waals surface area contributed by atoms with Gasteiger partial charge < -0.3 is 19.4 Å². The van der Waals surface area contributed by atoms with Gasteiger partial charge in [-0.2, -0.15) is 0 Å². The molecule has 0 fully saturated rings. The van der Waals surface area contributed by atoms with E-state index in [0.717, 1.165) is 50.6 Å². The number of aryl methyl sites for hydroxylation is 1. The second-order valence-electron chi connectivity index (χ2n) is 5.21. The predicted molar refractivity (Wildman–Crippen MR) is 78.3 cm³/mol. The standard InChI is InChI=1S/C15H28N2O2/c1-5-7-16-11-15-13(2)10-14(19-15)12-18-9-6-8-17(3)4/h10,16H,5-9,11-12H2,1-4H3. The fourth-order valence-corrected chi connectivity index (χ4v) is 1.87. The van der Waals surface area contributed by atoms with E-state index in [0.29, 0.717) is 6.61 Å². The third-order valence-corrected chi connectivity index (χ3v) is 2.92. The molecule has 1 aromatic rings. The quantitative estimate of drug-likeness (QED) is 0.662. The minimum absolute atomic E-state index is 0.571. The minimum atomic E-state index is 0.571. The number of nitrogens with one attached hydrogen (secondary N) is 1. The molecule has 1 heterocycles. The fraction of sp³-hybridized carbons (Fsp3) is 0.733. The van der Waals surface area contributed by atoms with E-state index in [1.54, 1.807) is 0 Å². The third kappa shape index (κ3) is 6.76. The second-order valence-corrected chi connectivity index (χ2v) is 5.21. The van der Waals surface area contributed by atoms with E-state index in [-0.39, 0.29) is 0 Å². The van der Waals surface area contributed by atoms with Gasteiger partial charge in [0.05, 0.1) is 6.54 Å². The van der Waals surface area contributed by atoms with E-state index in [2.05, 4.69) is 44.2 Å². The maximum Gasteiger partial charge on any atom is 0.130 e. The summed E-state index contributed by atoms with van der Waals surface area (Å²) in [5, 5.41) is 3.35. The molecule has 0 aliphatic rings. The Morgan fingerprint density at radius 3 is 2.84 bits per heavy atom. The number of rotatable bonds is 10. The van der Waals surface area contributed by atoms with Crippen LogP contribution in [0.2, 0.25) is 0 Å². The number of nitrogens with zero attached hydrogens (tertiary/aromatic N) is 1. The number of hydrogen-bond acceptors (Lipinski definition) is 4. The minimum Gasteiger partial charge on any atom is -0.462 e. The third-order valence-electron chi connectivity index (χ3n) is 2.92. The summed E-state index contributed by atoms with van der Waals surface area (Å²) in [6.45, 7) is 8.49.